The van der Waals surface area contributed by atoms with Gasteiger partial charge in [0.15, 0.2) is 11.5 Å². The Hall–Kier alpha value is -2.95. The van der Waals surface area contributed by atoms with E-state index in [2.05, 4.69) is 0 Å². The highest BCUT2D eigenvalue weighted by Gasteiger charge is 2.31. The number of fused-ring (bicyclic) bond motifs is 2. The van der Waals surface area contributed by atoms with Crippen molar-refractivity contribution in [2.75, 3.05) is 4.90 Å². The van der Waals surface area contributed by atoms with Crippen LogP contribution in [-0.2, 0) is 6.18 Å². The number of para-hydroxylation sites is 4. The number of rotatable bonds is 1. The minimum Gasteiger partial charge on any atom is -0.453 e. The maximum atomic E-state index is 12.8. The molecule has 3 aromatic rings. The van der Waals surface area contributed by atoms with Gasteiger partial charge in [0.2, 0.25) is 0 Å². The van der Waals surface area contributed by atoms with Crippen molar-refractivity contribution in [1.82, 2.24) is 0 Å². The standard InChI is InChI=1S/C19H12F3NO/c20-19(21,22)13-9-11-14(12-10-13)23-15-5-1-3-7-17(15)24-18-8-4-2-6-16(18)23/h1-12H. The van der Waals surface area contributed by atoms with E-state index in [4.69, 9.17) is 4.74 Å². The van der Waals surface area contributed by atoms with E-state index in [1.807, 2.05) is 53.4 Å². The van der Waals surface area contributed by atoms with Crippen LogP contribution >= 0.6 is 0 Å². The molecule has 0 spiro atoms. The molecule has 3 aromatic carbocycles. The van der Waals surface area contributed by atoms with E-state index in [-0.39, 0.29) is 0 Å². The fraction of sp³-hybridized carbons (Fsp3) is 0.0526. The zero-order chi connectivity index (χ0) is 16.7. The number of hydrogen-bond acceptors (Lipinski definition) is 2. The molecule has 0 bridgehead atoms. The van der Waals surface area contributed by atoms with E-state index in [1.54, 1.807) is 0 Å². The third kappa shape index (κ3) is 2.38. The molecule has 0 N–H and O–H groups in total. The van der Waals surface area contributed by atoms with Gasteiger partial charge in [-0.05, 0) is 48.5 Å². The van der Waals surface area contributed by atoms with Crippen LogP contribution in [0.3, 0.4) is 0 Å². The summed E-state index contributed by atoms with van der Waals surface area (Å²) in [5.41, 5.74) is 1.55. The summed E-state index contributed by atoms with van der Waals surface area (Å²) in [5.74, 6) is 1.33. The van der Waals surface area contributed by atoms with E-state index >= 15 is 0 Å². The highest BCUT2D eigenvalue weighted by molar-refractivity contribution is 5.86. The Morgan fingerprint density at radius 3 is 1.67 bits per heavy atom. The van der Waals surface area contributed by atoms with Crippen molar-refractivity contribution in [3.05, 3.63) is 78.4 Å². The molecule has 0 amide bonds. The summed E-state index contributed by atoms with van der Waals surface area (Å²) in [4.78, 5) is 1.90. The van der Waals surface area contributed by atoms with Crippen molar-refractivity contribution >= 4 is 17.1 Å². The molecule has 5 heteroatoms. The third-order valence-corrected chi connectivity index (χ3v) is 3.89. The lowest BCUT2D eigenvalue weighted by Crippen LogP contribution is -2.16. The molecule has 0 atom stereocenters. The Morgan fingerprint density at radius 2 is 1.17 bits per heavy atom. The predicted molar refractivity (Wildman–Crippen MR) is 86.2 cm³/mol. The van der Waals surface area contributed by atoms with Crippen LogP contribution in [0.1, 0.15) is 5.56 Å². The molecule has 0 fully saturated rings. The van der Waals surface area contributed by atoms with Crippen LogP contribution in [0.5, 0.6) is 11.5 Å². The van der Waals surface area contributed by atoms with Gasteiger partial charge in [0, 0.05) is 5.69 Å². The Bertz CT molecular complexity index is 842. The van der Waals surface area contributed by atoms with Gasteiger partial charge in [-0.3, -0.25) is 0 Å². The van der Waals surface area contributed by atoms with Crippen LogP contribution in [0.25, 0.3) is 0 Å². The Balaban J connectivity index is 1.86. The average molecular weight is 327 g/mol. The fourth-order valence-corrected chi connectivity index (χ4v) is 2.78. The summed E-state index contributed by atoms with van der Waals surface area (Å²) in [7, 11) is 0. The van der Waals surface area contributed by atoms with Gasteiger partial charge >= 0.3 is 6.18 Å². The van der Waals surface area contributed by atoms with Gasteiger partial charge in [-0.1, -0.05) is 24.3 Å². The Kier molecular flexibility index (Phi) is 3.23. The zero-order valence-electron chi connectivity index (χ0n) is 12.4. The SMILES string of the molecule is FC(F)(F)c1ccc(N2c3ccccc3Oc3ccccc32)cc1. The normalized spacial score (nSPS) is 13.0. The molecule has 0 radical (unpaired) electrons. The number of ether oxygens (including phenoxy) is 1. The van der Waals surface area contributed by atoms with Gasteiger partial charge in [0.1, 0.15) is 0 Å². The van der Waals surface area contributed by atoms with Gasteiger partial charge in [-0.2, -0.15) is 13.2 Å². The van der Waals surface area contributed by atoms with Crippen LogP contribution < -0.4 is 9.64 Å². The quantitative estimate of drug-likeness (QED) is 0.408. The van der Waals surface area contributed by atoms with Gasteiger partial charge < -0.3 is 9.64 Å². The maximum absolute atomic E-state index is 12.8. The predicted octanol–water partition coefficient (Wildman–Crippen LogP) is 6.28. The van der Waals surface area contributed by atoms with Crippen molar-refractivity contribution < 1.29 is 17.9 Å². The lowest BCUT2D eigenvalue weighted by molar-refractivity contribution is -0.137. The second kappa shape index (κ2) is 5.30. The number of halogens is 3. The molecule has 1 heterocycles. The minimum atomic E-state index is -4.35. The number of benzene rings is 3. The van der Waals surface area contributed by atoms with Gasteiger partial charge in [0.05, 0.1) is 16.9 Å². The number of nitrogens with zero attached hydrogens (tertiary/aromatic N) is 1. The highest BCUT2D eigenvalue weighted by Crippen LogP contribution is 2.50. The molecule has 0 aromatic heterocycles. The first-order valence-corrected chi connectivity index (χ1v) is 7.37. The van der Waals surface area contributed by atoms with Crippen LogP contribution in [-0.4, -0.2) is 0 Å². The fourth-order valence-electron chi connectivity index (χ4n) is 2.78. The average Bonchev–Trinajstić information content (AvgIpc) is 2.59. The summed E-state index contributed by atoms with van der Waals surface area (Å²) >= 11 is 0. The maximum Gasteiger partial charge on any atom is 0.416 e. The van der Waals surface area contributed by atoms with Gasteiger partial charge in [-0.15, -0.1) is 0 Å². The summed E-state index contributed by atoms with van der Waals surface area (Å²) in [6.07, 6.45) is -4.35. The molecule has 0 unspecified atom stereocenters. The van der Waals surface area contributed by atoms with Crippen molar-refractivity contribution in [2.24, 2.45) is 0 Å². The van der Waals surface area contributed by atoms with E-state index in [1.165, 1.54) is 12.1 Å². The van der Waals surface area contributed by atoms with Crippen LogP contribution in [0, 0.1) is 0 Å². The molecular formula is C19H12F3NO. The zero-order valence-corrected chi connectivity index (χ0v) is 12.4. The van der Waals surface area contributed by atoms with E-state index in [0.29, 0.717) is 17.2 Å². The molecule has 120 valence electrons. The highest BCUT2D eigenvalue weighted by atomic mass is 19.4. The largest absolute Gasteiger partial charge is 0.453 e. The monoisotopic (exact) mass is 327 g/mol. The second-order valence-electron chi connectivity index (χ2n) is 5.42. The topological polar surface area (TPSA) is 12.5 Å². The number of alkyl halides is 3. The molecule has 0 saturated carbocycles. The third-order valence-electron chi connectivity index (χ3n) is 3.89. The lowest BCUT2D eigenvalue weighted by atomic mass is 10.1. The van der Waals surface area contributed by atoms with Crippen molar-refractivity contribution in [3.8, 4) is 11.5 Å². The summed E-state index contributed by atoms with van der Waals surface area (Å²) in [6, 6.07) is 20.0. The van der Waals surface area contributed by atoms with Crippen molar-refractivity contribution in [2.45, 2.75) is 6.18 Å². The second-order valence-corrected chi connectivity index (χ2v) is 5.42. The van der Waals surface area contributed by atoms with Crippen molar-refractivity contribution in [1.29, 1.82) is 0 Å². The summed E-state index contributed by atoms with van der Waals surface area (Å²) in [6.45, 7) is 0. The smallest absolute Gasteiger partial charge is 0.416 e. The molecule has 0 aliphatic carbocycles. The molecule has 4 rings (SSSR count). The number of hydrogen-bond donors (Lipinski definition) is 0. The number of anilines is 3. The molecular weight excluding hydrogens is 315 g/mol. The van der Waals surface area contributed by atoms with Crippen LogP contribution in [0.15, 0.2) is 72.8 Å². The minimum absolute atomic E-state index is 0.645. The van der Waals surface area contributed by atoms with Crippen LogP contribution in [0.4, 0.5) is 30.2 Å². The summed E-state index contributed by atoms with van der Waals surface area (Å²) in [5, 5.41) is 0. The summed E-state index contributed by atoms with van der Waals surface area (Å²) < 4.78 is 44.3. The molecule has 2 nitrogen and oxygen atoms in total. The first-order valence-electron chi connectivity index (χ1n) is 7.37. The van der Waals surface area contributed by atoms with E-state index in [0.717, 1.165) is 23.5 Å². The first-order chi connectivity index (χ1) is 11.5. The van der Waals surface area contributed by atoms with E-state index < -0.39 is 11.7 Å². The van der Waals surface area contributed by atoms with Gasteiger partial charge in [-0.25, -0.2) is 0 Å². The molecule has 24 heavy (non-hydrogen) atoms. The van der Waals surface area contributed by atoms with Crippen LogP contribution in [0.2, 0.25) is 0 Å². The van der Waals surface area contributed by atoms with Crippen molar-refractivity contribution in [3.63, 3.8) is 0 Å². The molecule has 1 aliphatic rings. The first kappa shape index (κ1) is 14.6. The molecule has 1 aliphatic heterocycles. The van der Waals surface area contributed by atoms with E-state index in [9.17, 15) is 13.2 Å². The Morgan fingerprint density at radius 1 is 0.667 bits per heavy atom. The molecule has 0 saturated heterocycles. The Labute approximate surface area is 136 Å². The van der Waals surface area contributed by atoms with Gasteiger partial charge in [0.25, 0.3) is 0 Å². The lowest BCUT2D eigenvalue weighted by Gasteiger charge is -2.32.